The van der Waals surface area contributed by atoms with E-state index in [1.54, 1.807) is 0 Å². The van der Waals surface area contributed by atoms with Crippen LogP contribution in [-0.2, 0) is 4.74 Å². The third kappa shape index (κ3) is 1.20. The van der Waals surface area contributed by atoms with Gasteiger partial charge < -0.3 is 9.84 Å². The molecule has 0 aromatic rings. The molecule has 1 unspecified atom stereocenters. The summed E-state index contributed by atoms with van der Waals surface area (Å²) >= 11 is 0. The molecular formula is C6H12O2. The molecule has 2 atom stereocenters. The van der Waals surface area contributed by atoms with Crippen molar-refractivity contribution in [2.24, 2.45) is 0 Å². The van der Waals surface area contributed by atoms with E-state index in [0.29, 0.717) is 6.10 Å². The Morgan fingerprint density at radius 3 is 2.62 bits per heavy atom. The first-order valence-electron chi connectivity index (χ1n) is 3.14. The molecule has 0 spiro atoms. The Balaban J connectivity index is 1.99. The number of hydrogen-bond acceptors (Lipinski definition) is 2. The fourth-order valence-corrected chi connectivity index (χ4v) is 0.878. The smallest absolute Gasteiger partial charge is 0.107 e. The molecule has 2 heteroatoms. The highest BCUT2D eigenvalue weighted by Gasteiger charge is 2.36. The largest absolute Gasteiger partial charge is 0.394 e. The molecule has 1 aliphatic heterocycles. The number of ether oxygens (including phenoxy) is 1. The Hall–Kier alpha value is -0.0800. The fourth-order valence-electron chi connectivity index (χ4n) is 0.878. The summed E-state index contributed by atoms with van der Waals surface area (Å²) in [5.41, 5.74) is 0. The Labute approximate surface area is 49.5 Å². The summed E-state index contributed by atoms with van der Waals surface area (Å²) < 4.78 is 5.06. The summed E-state index contributed by atoms with van der Waals surface area (Å²) in [6, 6.07) is 0. The van der Waals surface area contributed by atoms with Gasteiger partial charge in [-0.1, -0.05) is 13.3 Å². The second-order valence-corrected chi connectivity index (χ2v) is 2.18. The molecule has 1 heterocycles. The van der Waals surface area contributed by atoms with Crippen molar-refractivity contribution in [1.82, 2.24) is 0 Å². The molecular weight excluding hydrogens is 104 g/mol. The lowest BCUT2D eigenvalue weighted by Crippen LogP contribution is -1.97. The third-order valence-electron chi connectivity index (χ3n) is 1.44. The van der Waals surface area contributed by atoms with Crippen LogP contribution < -0.4 is 0 Å². The predicted molar refractivity (Wildman–Crippen MR) is 30.7 cm³/mol. The van der Waals surface area contributed by atoms with Crippen molar-refractivity contribution in [1.29, 1.82) is 0 Å². The van der Waals surface area contributed by atoms with Gasteiger partial charge in [-0.25, -0.2) is 0 Å². The van der Waals surface area contributed by atoms with Crippen LogP contribution in [0.4, 0.5) is 0 Å². The summed E-state index contributed by atoms with van der Waals surface area (Å²) in [4.78, 5) is 0. The van der Waals surface area contributed by atoms with Crippen molar-refractivity contribution in [3.8, 4) is 0 Å². The molecule has 0 bridgehead atoms. The van der Waals surface area contributed by atoms with Gasteiger partial charge in [0, 0.05) is 0 Å². The van der Waals surface area contributed by atoms with Gasteiger partial charge in [0.05, 0.1) is 12.7 Å². The van der Waals surface area contributed by atoms with Crippen molar-refractivity contribution in [2.75, 3.05) is 6.61 Å². The SMILES string of the molecule is CCCC1O[C@H]1CO. The summed E-state index contributed by atoms with van der Waals surface area (Å²) in [5.74, 6) is 0. The van der Waals surface area contributed by atoms with Crippen molar-refractivity contribution in [3.63, 3.8) is 0 Å². The Kier molecular flexibility index (Phi) is 1.86. The maximum absolute atomic E-state index is 8.48. The van der Waals surface area contributed by atoms with E-state index >= 15 is 0 Å². The zero-order valence-corrected chi connectivity index (χ0v) is 5.13. The van der Waals surface area contributed by atoms with Gasteiger partial charge in [-0.15, -0.1) is 0 Å². The van der Waals surface area contributed by atoms with Gasteiger partial charge in [0.25, 0.3) is 0 Å². The van der Waals surface area contributed by atoms with E-state index in [1.807, 2.05) is 0 Å². The van der Waals surface area contributed by atoms with Crippen LogP contribution in [0.25, 0.3) is 0 Å². The van der Waals surface area contributed by atoms with E-state index in [0.717, 1.165) is 12.8 Å². The second-order valence-electron chi connectivity index (χ2n) is 2.18. The molecule has 48 valence electrons. The van der Waals surface area contributed by atoms with E-state index in [2.05, 4.69) is 6.92 Å². The quantitative estimate of drug-likeness (QED) is 0.546. The highest BCUT2D eigenvalue weighted by Crippen LogP contribution is 2.25. The van der Waals surface area contributed by atoms with Crippen molar-refractivity contribution in [3.05, 3.63) is 0 Å². The number of rotatable bonds is 3. The van der Waals surface area contributed by atoms with Gasteiger partial charge in [0.15, 0.2) is 0 Å². The van der Waals surface area contributed by atoms with Crippen LogP contribution in [0.15, 0.2) is 0 Å². The summed E-state index contributed by atoms with van der Waals surface area (Å²) in [6.45, 7) is 2.32. The molecule has 0 amide bonds. The zero-order valence-electron chi connectivity index (χ0n) is 5.13. The number of aliphatic hydroxyl groups is 1. The van der Waals surface area contributed by atoms with E-state index in [-0.39, 0.29) is 12.7 Å². The molecule has 1 N–H and O–H groups in total. The fraction of sp³-hybridized carbons (Fsp3) is 1.00. The second kappa shape index (κ2) is 2.46. The normalized spacial score (nSPS) is 35.2. The Morgan fingerprint density at radius 2 is 2.25 bits per heavy atom. The average molecular weight is 116 g/mol. The van der Waals surface area contributed by atoms with Crippen LogP contribution in [0.2, 0.25) is 0 Å². The minimum Gasteiger partial charge on any atom is -0.394 e. The zero-order chi connectivity index (χ0) is 5.98. The molecule has 1 saturated heterocycles. The highest BCUT2D eigenvalue weighted by atomic mass is 16.6. The first-order chi connectivity index (χ1) is 3.88. The lowest BCUT2D eigenvalue weighted by molar-refractivity contribution is 0.241. The van der Waals surface area contributed by atoms with Crippen LogP contribution in [0, 0.1) is 0 Å². The minimum absolute atomic E-state index is 0.176. The third-order valence-corrected chi connectivity index (χ3v) is 1.44. The van der Waals surface area contributed by atoms with E-state index in [9.17, 15) is 0 Å². The first-order valence-corrected chi connectivity index (χ1v) is 3.14. The predicted octanol–water partition coefficient (Wildman–Crippen LogP) is 0.546. The van der Waals surface area contributed by atoms with Gasteiger partial charge in [0.2, 0.25) is 0 Å². The van der Waals surface area contributed by atoms with Crippen molar-refractivity contribution in [2.45, 2.75) is 32.0 Å². The lowest BCUT2D eigenvalue weighted by Gasteiger charge is -1.84. The summed E-state index contributed by atoms with van der Waals surface area (Å²) in [5, 5.41) is 8.48. The van der Waals surface area contributed by atoms with Crippen LogP contribution in [0.1, 0.15) is 19.8 Å². The van der Waals surface area contributed by atoms with Crippen LogP contribution in [0.5, 0.6) is 0 Å². The molecule has 1 rings (SSSR count). The first kappa shape index (κ1) is 6.05. The maximum Gasteiger partial charge on any atom is 0.107 e. The van der Waals surface area contributed by atoms with E-state index in [1.165, 1.54) is 0 Å². The minimum atomic E-state index is 0.176. The van der Waals surface area contributed by atoms with Crippen molar-refractivity contribution < 1.29 is 9.84 Å². The Morgan fingerprint density at radius 1 is 1.50 bits per heavy atom. The van der Waals surface area contributed by atoms with E-state index in [4.69, 9.17) is 9.84 Å². The number of aliphatic hydroxyl groups excluding tert-OH is 1. The van der Waals surface area contributed by atoms with Gasteiger partial charge in [-0.2, -0.15) is 0 Å². The average Bonchev–Trinajstić information content (AvgIpc) is 2.48. The lowest BCUT2D eigenvalue weighted by atomic mass is 10.2. The molecule has 2 nitrogen and oxygen atoms in total. The Bertz CT molecular complexity index is 72.9. The molecule has 0 saturated carbocycles. The number of hydrogen-bond donors (Lipinski definition) is 1. The molecule has 8 heavy (non-hydrogen) atoms. The van der Waals surface area contributed by atoms with Gasteiger partial charge in [-0.05, 0) is 6.42 Å². The van der Waals surface area contributed by atoms with Crippen LogP contribution in [0.3, 0.4) is 0 Å². The number of epoxide rings is 1. The molecule has 1 aliphatic rings. The van der Waals surface area contributed by atoms with E-state index < -0.39 is 0 Å². The standard InChI is InChI=1S/C6H12O2/c1-2-3-5-6(4-7)8-5/h5-7H,2-4H2,1H3/t5?,6-/m0/s1. The molecule has 0 radical (unpaired) electrons. The van der Waals surface area contributed by atoms with Crippen LogP contribution in [-0.4, -0.2) is 23.9 Å². The summed E-state index contributed by atoms with van der Waals surface area (Å²) in [6.07, 6.45) is 2.81. The van der Waals surface area contributed by atoms with Crippen LogP contribution >= 0.6 is 0 Å². The van der Waals surface area contributed by atoms with Crippen molar-refractivity contribution >= 4 is 0 Å². The van der Waals surface area contributed by atoms with Gasteiger partial charge in [0.1, 0.15) is 6.10 Å². The molecule has 1 fully saturated rings. The van der Waals surface area contributed by atoms with Gasteiger partial charge >= 0.3 is 0 Å². The monoisotopic (exact) mass is 116 g/mol. The topological polar surface area (TPSA) is 32.8 Å². The molecule has 0 aliphatic carbocycles. The van der Waals surface area contributed by atoms with Gasteiger partial charge in [-0.3, -0.25) is 0 Å². The molecule has 0 aromatic carbocycles. The molecule has 0 aromatic heterocycles. The summed E-state index contributed by atoms with van der Waals surface area (Å²) in [7, 11) is 0. The highest BCUT2D eigenvalue weighted by molar-refractivity contribution is 4.82. The maximum atomic E-state index is 8.48.